The first kappa shape index (κ1) is 5.15. The average Bonchev–Trinajstić information content (AvgIpc) is 1.38. The third-order valence-corrected chi connectivity index (χ3v) is 0.615. The van der Waals surface area contributed by atoms with E-state index >= 15 is 0 Å². The second-order valence-electron chi connectivity index (χ2n) is 0.556. The van der Waals surface area contributed by atoms with Gasteiger partial charge in [0.2, 0.25) is 0 Å². The van der Waals surface area contributed by atoms with Crippen molar-refractivity contribution >= 4 is 15.9 Å². The van der Waals surface area contributed by atoms with Crippen molar-refractivity contribution in [3.63, 3.8) is 0 Å². The van der Waals surface area contributed by atoms with Gasteiger partial charge in [0.25, 0.3) is 0 Å². The standard InChI is InChI=1S/C3H3BrF/c1-3(5)2-4/h2H,1H2. The largest absolute Gasteiger partial charge is 0.211 e. The molecule has 0 aromatic heterocycles. The zero-order valence-electron chi connectivity index (χ0n) is 2.54. The van der Waals surface area contributed by atoms with Crippen LogP contribution in [-0.2, 0) is 0 Å². The molecule has 0 aromatic carbocycles. The van der Waals surface area contributed by atoms with Crippen LogP contribution in [0.2, 0.25) is 0 Å². The van der Waals surface area contributed by atoms with Gasteiger partial charge in [-0.15, -0.1) is 0 Å². The highest BCUT2D eigenvalue weighted by Gasteiger charge is 1.77. The Hall–Kier alpha value is 0.150. The highest BCUT2D eigenvalue weighted by Crippen LogP contribution is 2.00. The lowest BCUT2D eigenvalue weighted by Crippen LogP contribution is -1.51. The summed E-state index contributed by atoms with van der Waals surface area (Å²) >= 11 is 2.71. The molecule has 0 atom stereocenters. The van der Waals surface area contributed by atoms with Crippen LogP contribution in [0.25, 0.3) is 0 Å². The second kappa shape index (κ2) is 2.39. The number of allylic oxidation sites excluding steroid dienone is 1. The fourth-order valence-corrected chi connectivity index (χ4v) is 0. The predicted octanol–water partition coefficient (Wildman–Crippen LogP) is 2.03. The summed E-state index contributed by atoms with van der Waals surface area (Å²) in [6.45, 7) is 2.90. The van der Waals surface area contributed by atoms with E-state index in [-0.39, 0.29) is 0 Å². The molecule has 2 heteroatoms. The topological polar surface area (TPSA) is 0 Å². The molecule has 0 aliphatic carbocycles. The van der Waals surface area contributed by atoms with Gasteiger partial charge in [-0.2, -0.15) is 0 Å². The highest BCUT2D eigenvalue weighted by atomic mass is 79.9. The first-order chi connectivity index (χ1) is 2.27. The molecule has 29 valence electrons. The fourth-order valence-electron chi connectivity index (χ4n) is 0. The van der Waals surface area contributed by atoms with Gasteiger partial charge >= 0.3 is 0 Å². The van der Waals surface area contributed by atoms with E-state index in [4.69, 9.17) is 0 Å². The molecule has 0 saturated carbocycles. The minimum Gasteiger partial charge on any atom is -0.211 e. The minimum absolute atomic E-state index is 0.454. The van der Waals surface area contributed by atoms with Gasteiger partial charge in [-0.3, -0.25) is 0 Å². The zero-order valence-corrected chi connectivity index (χ0v) is 4.13. The van der Waals surface area contributed by atoms with Crippen LogP contribution in [-0.4, -0.2) is 0 Å². The Morgan fingerprint density at radius 3 is 2.20 bits per heavy atom. The summed E-state index contributed by atoms with van der Waals surface area (Å²) in [5, 5.41) is 1.12. The van der Waals surface area contributed by atoms with Crippen LogP contribution in [0, 0.1) is 5.33 Å². The molecule has 0 rings (SSSR count). The molecule has 0 spiro atoms. The smallest absolute Gasteiger partial charge is 0.108 e. The predicted molar refractivity (Wildman–Crippen MR) is 23.5 cm³/mol. The maximum absolute atomic E-state index is 11.1. The third-order valence-electron chi connectivity index (χ3n) is 0.118. The van der Waals surface area contributed by atoms with Gasteiger partial charge < -0.3 is 0 Å². The Morgan fingerprint density at radius 1 is 2.00 bits per heavy atom. The molecule has 0 saturated heterocycles. The number of rotatable bonds is 1. The molecule has 5 heavy (non-hydrogen) atoms. The van der Waals surface area contributed by atoms with Crippen LogP contribution >= 0.6 is 15.9 Å². The van der Waals surface area contributed by atoms with E-state index < -0.39 is 5.83 Å². The van der Waals surface area contributed by atoms with Crippen molar-refractivity contribution in [3.8, 4) is 0 Å². The lowest BCUT2D eigenvalue weighted by molar-refractivity contribution is 0.667. The third kappa shape index (κ3) is 4.15. The van der Waals surface area contributed by atoms with Crippen molar-refractivity contribution in [3.05, 3.63) is 17.7 Å². The van der Waals surface area contributed by atoms with Crippen LogP contribution in [0.3, 0.4) is 0 Å². The van der Waals surface area contributed by atoms with E-state index in [1.807, 2.05) is 0 Å². The molecule has 0 heterocycles. The van der Waals surface area contributed by atoms with E-state index in [9.17, 15) is 4.39 Å². The van der Waals surface area contributed by atoms with Crippen LogP contribution < -0.4 is 0 Å². The maximum atomic E-state index is 11.1. The van der Waals surface area contributed by atoms with Gasteiger partial charge in [-0.1, -0.05) is 22.5 Å². The number of hydrogen-bond donors (Lipinski definition) is 0. The molecule has 0 unspecified atom stereocenters. The van der Waals surface area contributed by atoms with Crippen LogP contribution in [0.1, 0.15) is 0 Å². The molecule has 0 aliphatic heterocycles. The summed E-state index contributed by atoms with van der Waals surface area (Å²) in [4.78, 5) is 0. The average molecular weight is 138 g/mol. The lowest BCUT2D eigenvalue weighted by atomic mass is 10.7. The van der Waals surface area contributed by atoms with Crippen LogP contribution in [0.4, 0.5) is 4.39 Å². The summed E-state index contributed by atoms with van der Waals surface area (Å²) in [6, 6.07) is 0. The van der Waals surface area contributed by atoms with Crippen molar-refractivity contribution in [2.75, 3.05) is 0 Å². The molecule has 0 N–H and O–H groups in total. The Balaban J connectivity index is 2.85. The maximum Gasteiger partial charge on any atom is 0.108 e. The molecule has 0 nitrogen and oxygen atoms in total. The Labute approximate surface area is 38.8 Å². The van der Waals surface area contributed by atoms with Gasteiger partial charge in [0.05, 0.1) is 5.33 Å². The van der Waals surface area contributed by atoms with E-state index in [2.05, 4.69) is 22.5 Å². The zero-order chi connectivity index (χ0) is 4.28. The Morgan fingerprint density at radius 2 is 2.20 bits per heavy atom. The van der Waals surface area contributed by atoms with Gasteiger partial charge in [0.1, 0.15) is 5.83 Å². The van der Waals surface area contributed by atoms with E-state index in [0.717, 1.165) is 5.33 Å². The number of hydrogen-bond acceptors (Lipinski definition) is 0. The quantitative estimate of drug-likeness (QED) is 0.519. The molecule has 0 aromatic rings. The van der Waals surface area contributed by atoms with E-state index in [1.54, 1.807) is 0 Å². The molecule has 1 radical (unpaired) electrons. The first-order valence-electron chi connectivity index (χ1n) is 1.05. The van der Waals surface area contributed by atoms with Crippen LogP contribution in [0.15, 0.2) is 12.4 Å². The van der Waals surface area contributed by atoms with Crippen molar-refractivity contribution in [1.82, 2.24) is 0 Å². The minimum atomic E-state index is -0.454. The Bertz CT molecular complexity index is 42.2. The van der Waals surface area contributed by atoms with Gasteiger partial charge in [-0.25, -0.2) is 4.39 Å². The summed E-state index contributed by atoms with van der Waals surface area (Å²) < 4.78 is 11.1. The van der Waals surface area contributed by atoms with E-state index in [1.165, 1.54) is 0 Å². The lowest BCUT2D eigenvalue weighted by Gasteiger charge is -1.71. The SMILES string of the molecule is C=C(F)[CH]Br. The summed E-state index contributed by atoms with van der Waals surface area (Å²) in [5.74, 6) is -0.454. The van der Waals surface area contributed by atoms with Crippen LogP contribution in [0.5, 0.6) is 0 Å². The second-order valence-corrected chi connectivity index (χ2v) is 1.01. The summed E-state index contributed by atoms with van der Waals surface area (Å²) in [7, 11) is 0. The summed E-state index contributed by atoms with van der Waals surface area (Å²) in [6.07, 6.45) is 0. The molecule has 0 bridgehead atoms. The van der Waals surface area contributed by atoms with Crippen molar-refractivity contribution in [1.29, 1.82) is 0 Å². The summed E-state index contributed by atoms with van der Waals surface area (Å²) in [5.41, 5.74) is 0. The van der Waals surface area contributed by atoms with Crippen molar-refractivity contribution < 1.29 is 4.39 Å². The number of halogens is 2. The normalized spacial score (nSPS) is 7.60. The van der Waals surface area contributed by atoms with E-state index in [0.29, 0.717) is 0 Å². The monoisotopic (exact) mass is 137 g/mol. The van der Waals surface area contributed by atoms with Crippen molar-refractivity contribution in [2.45, 2.75) is 0 Å². The Kier molecular flexibility index (Phi) is 2.46. The van der Waals surface area contributed by atoms with Crippen molar-refractivity contribution in [2.24, 2.45) is 0 Å². The first-order valence-corrected chi connectivity index (χ1v) is 1.97. The molecule has 0 amide bonds. The van der Waals surface area contributed by atoms with Gasteiger partial charge in [0, 0.05) is 0 Å². The molecular formula is C3H3BrF. The molecular weight excluding hydrogens is 135 g/mol. The molecule has 0 fully saturated rings. The molecule has 0 aliphatic rings. The van der Waals surface area contributed by atoms with Gasteiger partial charge in [0.15, 0.2) is 0 Å². The van der Waals surface area contributed by atoms with Gasteiger partial charge in [-0.05, 0) is 0 Å². The fraction of sp³-hybridized carbons (Fsp3) is 0. The highest BCUT2D eigenvalue weighted by molar-refractivity contribution is 9.10.